The van der Waals surface area contributed by atoms with Gasteiger partial charge in [0.05, 0.1) is 5.56 Å². The molecule has 1 aromatic rings. The van der Waals surface area contributed by atoms with Crippen molar-refractivity contribution < 1.29 is 17.7 Å². The van der Waals surface area contributed by atoms with Crippen LogP contribution in [0.15, 0.2) is 30.1 Å². The van der Waals surface area contributed by atoms with E-state index in [4.69, 9.17) is 11.6 Å². The van der Waals surface area contributed by atoms with Crippen LogP contribution >= 0.6 is 11.6 Å². The van der Waals surface area contributed by atoms with E-state index in [-0.39, 0.29) is 17.1 Å². The molecule has 0 fully saturated rings. The number of nitrogens with one attached hydrogen (secondary N) is 2. The lowest BCUT2D eigenvalue weighted by molar-refractivity contribution is -0.138. The van der Waals surface area contributed by atoms with E-state index in [1.54, 1.807) is 6.92 Å². The fourth-order valence-electron chi connectivity index (χ4n) is 1.55. The lowest BCUT2D eigenvalue weighted by atomic mass is 10.1. The van der Waals surface area contributed by atoms with Crippen molar-refractivity contribution in [3.63, 3.8) is 0 Å². The topological polar surface area (TPSA) is 24.1 Å². The van der Waals surface area contributed by atoms with Crippen LogP contribution in [0.3, 0.4) is 0 Å². The van der Waals surface area contributed by atoms with Gasteiger partial charge in [-0.15, -0.1) is 4.48 Å². The molecule has 0 amide bonds. The highest BCUT2D eigenvalue weighted by molar-refractivity contribution is 6.31. The molecule has 0 radical (unpaired) electrons. The molecule has 1 aromatic carbocycles. The highest BCUT2D eigenvalue weighted by Crippen LogP contribution is 2.34. The van der Waals surface area contributed by atoms with Crippen molar-refractivity contribution in [1.82, 2.24) is 10.9 Å². The van der Waals surface area contributed by atoms with Crippen molar-refractivity contribution in [1.29, 1.82) is 0 Å². The largest absolute Gasteiger partial charge is 0.416 e. The number of alkyl halides is 3. The van der Waals surface area contributed by atoms with E-state index >= 15 is 0 Å². The molecule has 0 spiro atoms. The van der Waals surface area contributed by atoms with E-state index in [1.165, 1.54) is 17.7 Å². The summed E-state index contributed by atoms with van der Waals surface area (Å²) in [5, 5.41) is 2.73. The molecule has 19 heavy (non-hydrogen) atoms. The standard InChI is InChI=1S/C12H13ClF4N2/c1-2-8(6-19-17)18-7-9-10(12(14,15)16)4-3-5-11(9)13/h3-6,18-19H,2,7H2,1H3/b8-6+. The third kappa shape index (κ3) is 4.31. The maximum Gasteiger partial charge on any atom is 0.416 e. The first-order valence-electron chi connectivity index (χ1n) is 5.53. The molecule has 0 saturated carbocycles. The molecule has 0 atom stereocenters. The molecule has 2 nitrogen and oxygen atoms in total. The molecular formula is C12H13ClF4N2. The minimum Gasteiger partial charge on any atom is -0.383 e. The van der Waals surface area contributed by atoms with Crippen LogP contribution in [0.4, 0.5) is 17.7 Å². The predicted octanol–water partition coefficient (Wildman–Crippen LogP) is 4.17. The molecule has 0 bridgehead atoms. The Hall–Kier alpha value is -1.43. The number of halogens is 5. The second-order valence-corrected chi connectivity index (χ2v) is 4.16. The Kier molecular flexibility index (Phi) is 5.47. The molecule has 0 heterocycles. The second kappa shape index (κ2) is 6.65. The molecule has 0 unspecified atom stereocenters. The number of allylic oxidation sites excluding steroid dienone is 1. The smallest absolute Gasteiger partial charge is 0.383 e. The van der Waals surface area contributed by atoms with Crippen LogP contribution in [0.25, 0.3) is 0 Å². The highest BCUT2D eigenvalue weighted by Gasteiger charge is 2.33. The van der Waals surface area contributed by atoms with E-state index in [1.807, 2.05) is 0 Å². The van der Waals surface area contributed by atoms with Crippen molar-refractivity contribution in [3.05, 3.63) is 46.2 Å². The summed E-state index contributed by atoms with van der Waals surface area (Å²) in [6.45, 7) is 1.61. The monoisotopic (exact) mass is 296 g/mol. The molecule has 1 rings (SSSR count). The quantitative estimate of drug-likeness (QED) is 0.629. The Balaban J connectivity index is 2.98. The summed E-state index contributed by atoms with van der Waals surface area (Å²) in [5.74, 6) is 0. The number of hydrogen-bond donors (Lipinski definition) is 2. The van der Waals surface area contributed by atoms with E-state index in [0.29, 0.717) is 12.1 Å². The average molecular weight is 297 g/mol. The van der Waals surface area contributed by atoms with Crippen molar-refractivity contribution >= 4 is 11.6 Å². The molecule has 2 N–H and O–H groups in total. The number of hydrogen-bond acceptors (Lipinski definition) is 2. The lowest BCUT2D eigenvalue weighted by Gasteiger charge is -2.16. The number of benzene rings is 1. The summed E-state index contributed by atoms with van der Waals surface area (Å²) in [6.07, 6.45) is -2.98. The van der Waals surface area contributed by atoms with Crippen LogP contribution in [0.5, 0.6) is 0 Å². The Morgan fingerprint density at radius 1 is 1.37 bits per heavy atom. The summed E-state index contributed by atoms with van der Waals surface area (Å²) in [6, 6.07) is 3.59. The van der Waals surface area contributed by atoms with Gasteiger partial charge in [0, 0.05) is 29.0 Å². The van der Waals surface area contributed by atoms with Gasteiger partial charge < -0.3 is 5.32 Å². The zero-order chi connectivity index (χ0) is 14.5. The van der Waals surface area contributed by atoms with Gasteiger partial charge in [0.1, 0.15) is 0 Å². The van der Waals surface area contributed by atoms with Crippen LogP contribution in [-0.2, 0) is 12.7 Å². The lowest BCUT2D eigenvalue weighted by Crippen LogP contribution is -2.18. The van der Waals surface area contributed by atoms with Crippen LogP contribution in [-0.4, -0.2) is 0 Å². The minimum atomic E-state index is -4.48. The van der Waals surface area contributed by atoms with Crippen molar-refractivity contribution in [3.8, 4) is 0 Å². The van der Waals surface area contributed by atoms with Crippen LogP contribution in [0.2, 0.25) is 5.02 Å². The maximum absolute atomic E-state index is 12.8. The molecule has 0 aliphatic carbocycles. The first kappa shape index (κ1) is 15.6. The maximum atomic E-state index is 12.8. The fraction of sp³-hybridized carbons (Fsp3) is 0.333. The van der Waals surface area contributed by atoms with E-state index in [2.05, 4.69) is 5.32 Å². The fourth-order valence-corrected chi connectivity index (χ4v) is 1.79. The van der Waals surface area contributed by atoms with Gasteiger partial charge in [0.15, 0.2) is 0 Å². The third-order valence-electron chi connectivity index (χ3n) is 2.53. The van der Waals surface area contributed by atoms with Crippen LogP contribution < -0.4 is 10.9 Å². The SMILES string of the molecule is CC/C(=C\NF)NCc1c(Cl)cccc1C(F)(F)F. The van der Waals surface area contributed by atoms with Gasteiger partial charge in [-0.25, -0.2) is 5.54 Å². The first-order chi connectivity index (χ1) is 8.90. The van der Waals surface area contributed by atoms with E-state index < -0.39 is 11.7 Å². The number of rotatable bonds is 5. The van der Waals surface area contributed by atoms with Gasteiger partial charge in [-0.05, 0) is 18.6 Å². The molecule has 0 aliphatic rings. The first-order valence-corrected chi connectivity index (χ1v) is 5.91. The zero-order valence-electron chi connectivity index (χ0n) is 10.1. The van der Waals surface area contributed by atoms with Crippen LogP contribution in [0, 0.1) is 0 Å². The highest BCUT2D eigenvalue weighted by atomic mass is 35.5. The van der Waals surface area contributed by atoms with Crippen molar-refractivity contribution in [2.45, 2.75) is 26.1 Å². The average Bonchev–Trinajstić information content (AvgIpc) is 2.34. The summed E-state index contributed by atoms with van der Waals surface area (Å²) in [7, 11) is 0. The van der Waals surface area contributed by atoms with E-state index in [9.17, 15) is 17.7 Å². The second-order valence-electron chi connectivity index (χ2n) is 3.75. The minimum absolute atomic E-state index is 0.0194. The molecule has 0 aromatic heterocycles. The van der Waals surface area contributed by atoms with E-state index in [0.717, 1.165) is 12.3 Å². The normalized spacial score (nSPS) is 12.4. The molecule has 106 valence electrons. The Morgan fingerprint density at radius 3 is 2.58 bits per heavy atom. The zero-order valence-corrected chi connectivity index (χ0v) is 10.9. The molecule has 7 heteroatoms. The summed E-state index contributed by atoms with van der Waals surface area (Å²) < 4.78 is 50.4. The van der Waals surface area contributed by atoms with Gasteiger partial charge in [-0.3, -0.25) is 0 Å². The Morgan fingerprint density at radius 2 is 2.05 bits per heavy atom. The molecule has 0 saturated heterocycles. The summed E-state index contributed by atoms with van der Waals surface area (Å²) in [4.78, 5) is 0. The molecule has 0 aliphatic heterocycles. The molecular weight excluding hydrogens is 284 g/mol. The third-order valence-corrected chi connectivity index (χ3v) is 2.88. The summed E-state index contributed by atoms with van der Waals surface area (Å²) >= 11 is 5.79. The van der Waals surface area contributed by atoms with Crippen molar-refractivity contribution in [2.75, 3.05) is 0 Å². The van der Waals surface area contributed by atoms with Gasteiger partial charge in [-0.1, -0.05) is 24.6 Å². The Bertz CT molecular complexity index is 458. The van der Waals surface area contributed by atoms with Gasteiger partial charge in [-0.2, -0.15) is 13.2 Å². The van der Waals surface area contributed by atoms with Gasteiger partial charge >= 0.3 is 6.18 Å². The van der Waals surface area contributed by atoms with Crippen molar-refractivity contribution in [2.24, 2.45) is 0 Å². The summed E-state index contributed by atoms with van der Waals surface area (Å²) in [5.41, 5.74) is 0.920. The van der Waals surface area contributed by atoms with Gasteiger partial charge in [0.2, 0.25) is 0 Å². The van der Waals surface area contributed by atoms with Gasteiger partial charge in [0.25, 0.3) is 0 Å². The predicted molar refractivity (Wildman–Crippen MR) is 65.9 cm³/mol. The van der Waals surface area contributed by atoms with Crippen LogP contribution in [0.1, 0.15) is 24.5 Å². The Labute approximate surface area is 113 Å².